The van der Waals surface area contributed by atoms with Crippen molar-refractivity contribution in [1.29, 1.82) is 0 Å². The van der Waals surface area contributed by atoms with Crippen molar-refractivity contribution in [2.45, 2.75) is 44.8 Å². The first-order valence-corrected chi connectivity index (χ1v) is 10.1. The summed E-state index contributed by atoms with van der Waals surface area (Å²) in [7, 11) is 0. The van der Waals surface area contributed by atoms with Crippen molar-refractivity contribution in [1.82, 2.24) is 9.80 Å². The van der Waals surface area contributed by atoms with Gasteiger partial charge in [-0.25, -0.2) is 22.4 Å². The number of Topliss-reactive ketones (excluding diaryl/α,β-unsaturated/α-hetero) is 1. The molecule has 0 saturated carbocycles. The maximum Gasteiger partial charge on any atom is 0.410 e. The summed E-state index contributed by atoms with van der Waals surface area (Å²) < 4.78 is 66.8. The van der Waals surface area contributed by atoms with E-state index in [1.807, 2.05) is 4.90 Å². The highest BCUT2D eigenvalue weighted by atomic mass is 19.2. The Balaban J connectivity index is 1.88. The van der Waals surface area contributed by atoms with Gasteiger partial charge in [0.2, 0.25) is 0 Å². The number of likely N-dealkylation sites (tertiary alicyclic amines) is 1. The first kappa shape index (κ1) is 23.5. The minimum absolute atomic E-state index is 0.0164. The summed E-state index contributed by atoms with van der Waals surface area (Å²) >= 11 is 0. The van der Waals surface area contributed by atoms with Gasteiger partial charge in [-0.2, -0.15) is 0 Å². The molecule has 2 atom stereocenters. The van der Waals surface area contributed by atoms with Gasteiger partial charge in [0.25, 0.3) is 0 Å². The van der Waals surface area contributed by atoms with Crippen LogP contribution in [0.1, 0.15) is 38.7 Å². The van der Waals surface area contributed by atoms with E-state index in [1.54, 1.807) is 20.8 Å². The van der Waals surface area contributed by atoms with Gasteiger partial charge >= 0.3 is 6.09 Å². The molecule has 6 nitrogen and oxygen atoms in total. The topological polar surface area (TPSA) is 59.1 Å². The quantitative estimate of drug-likeness (QED) is 0.525. The number of carbonyl (C=O) groups excluding carboxylic acids is 2. The van der Waals surface area contributed by atoms with E-state index in [1.165, 1.54) is 0 Å². The average molecular weight is 446 g/mol. The molecule has 2 heterocycles. The monoisotopic (exact) mass is 446 g/mol. The third-order valence-corrected chi connectivity index (χ3v) is 5.34. The van der Waals surface area contributed by atoms with Crippen LogP contribution >= 0.6 is 0 Å². The highest BCUT2D eigenvalue weighted by Crippen LogP contribution is 2.37. The van der Waals surface area contributed by atoms with Gasteiger partial charge in [-0.3, -0.25) is 14.6 Å². The van der Waals surface area contributed by atoms with Gasteiger partial charge in [-0.1, -0.05) is 0 Å². The standard InChI is InChI=1S/C21H26F4N2O4/c1-21(2,3)31-20(29)27-10-12(17-18(24)13(22)9-14(23)19(17)25)8-15(27)16(28)11-26-4-6-30-7-5-26/h9,12,15H,4-8,10-11H2,1-3H3/t12-,15+/m0/s1. The van der Waals surface area contributed by atoms with Gasteiger partial charge in [0.1, 0.15) is 5.60 Å². The third kappa shape index (κ3) is 5.35. The molecular formula is C21H26F4N2O4. The number of hydrogen-bond acceptors (Lipinski definition) is 5. The minimum atomic E-state index is -1.53. The molecular weight excluding hydrogens is 420 g/mol. The second kappa shape index (κ2) is 9.12. The van der Waals surface area contributed by atoms with Crippen molar-refractivity contribution in [2.24, 2.45) is 0 Å². The fourth-order valence-electron chi connectivity index (χ4n) is 3.91. The zero-order chi connectivity index (χ0) is 22.9. The van der Waals surface area contributed by atoms with Crippen molar-refractivity contribution in [3.63, 3.8) is 0 Å². The van der Waals surface area contributed by atoms with Crippen LogP contribution in [0.4, 0.5) is 22.4 Å². The Hall–Kier alpha value is -2.20. The molecule has 2 saturated heterocycles. The van der Waals surface area contributed by atoms with E-state index < -0.39 is 52.5 Å². The lowest BCUT2D eigenvalue weighted by molar-refractivity contribution is -0.125. The SMILES string of the molecule is CC(C)(C)OC(=O)N1C[C@@H](c2c(F)c(F)cc(F)c2F)C[C@@H]1C(=O)CN1CCOCC1. The molecule has 1 amide bonds. The van der Waals surface area contributed by atoms with E-state index in [0.29, 0.717) is 26.3 Å². The van der Waals surface area contributed by atoms with Crippen molar-refractivity contribution in [2.75, 3.05) is 39.4 Å². The smallest absolute Gasteiger partial charge is 0.410 e. The number of amides is 1. The van der Waals surface area contributed by atoms with E-state index in [2.05, 4.69) is 0 Å². The number of morpholine rings is 1. The summed E-state index contributed by atoms with van der Waals surface area (Å²) in [5.74, 6) is -7.53. The fraction of sp³-hybridized carbons (Fsp3) is 0.619. The summed E-state index contributed by atoms with van der Waals surface area (Å²) in [5, 5.41) is 0. The van der Waals surface area contributed by atoms with Gasteiger partial charge < -0.3 is 9.47 Å². The lowest BCUT2D eigenvalue weighted by Gasteiger charge is -2.30. The summed E-state index contributed by atoms with van der Waals surface area (Å²) in [6.45, 7) is 6.65. The molecule has 0 radical (unpaired) electrons. The van der Waals surface area contributed by atoms with Crippen LogP contribution in [-0.4, -0.2) is 72.7 Å². The predicted octanol–water partition coefficient (Wildman–Crippen LogP) is 3.24. The lowest BCUT2D eigenvalue weighted by Crippen LogP contribution is -2.48. The maximum absolute atomic E-state index is 14.4. The van der Waals surface area contributed by atoms with E-state index in [-0.39, 0.29) is 31.4 Å². The summed E-state index contributed by atoms with van der Waals surface area (Å²) in [6.07, 6.45) is -0.993. The number of rotatable bonds is 4. The predicted molar refractivity (Wildman–Crippen MR) is 103 cm³/mol. The second-order valence-corrected chi connectivity index (χ2v) is 8.82. The molecule has 0 bridgehead atoms. The van der Waals surface area contributed by atoms with Crippen LogP contribution in [-0.2, 0) is 14.3 Å². The summed E-state index contributed by atoms with van der Waals surface area (Å²) in [6, 6.07) is -0.900. The Morgan fingerprint density at radius 1 is 1.10 bits per heavy atom. The van der Waals surface area contributed by atoms with E-state index in [9.17, 15) is 27.2 Å². The highest BCUT2D eigenvalue weighted by molar-refractivity contribution is 5.89. The normalized spacial score (nSPS) is 22.6. The van der Waals surface area contributed by atoms with Crippen LogP contribution < -0.4 is 0 Å². The maximum atomic E-state index is 14.4. The first-order chi connectivity index (χ1) is 14.5. The van der Waals surface area contributed by atoms with Crippen molar-refractivity contribution in [3.8, 4) is 0 Å². The molecule has 0 N–H and O–H groups in total. The zero-order valence-electron chi connectivity index (χ0n) is 17.7. The Bertz CT molecular complexity index is 827. The molecule has 2 aliphatic heterocycles. The molecule has 3 rings (SSSR count). The van der Waals surface area contributed by atoms with Crippen LogP contribution in [0, 0.1) is 23.3 Å². The summed E-state index contributed by atoms with van der Waals surface area (Å²) in [4.78, 5) is 28.7. The van der Waals surface area contributed by atoms with E-state index in [0.717, 1.165) is 4.90 Å². The number of benzene rings is 1. The molecule has 0 spiro atoms. The Kier molecular flexibility index (Phi) is 6.90. The van der Waals surface area contributed by atoms with Crippen LogP contribution in [0.15, 0.2) is 6.07 Å². The molecule has 172 valence electrons. The number of hydrogen-bond donors (Lipinski definition) is 0. The largest absolute Gasteiger partial charge is 0.444 e. The molecule has 1 aromatic carbocycles. The molecule has 31 heavy (non-hydrogen) atoms. The minimum Gasteiger partial charge on any atom is -0.444 e. The van der Waals surface area contributed by atoms with Crippen molar-refractivity contribution >= 4 is 11.9 Å². The fourth-order valence-corrected chi connectivity index (χ4v) is 3.91. The Morgan fingerprint density at radius 2 is 1.68 bits per heavy atom. The Morgan fingerprint density at radius 3 is 2.23 bits per heavy atom. The lowest BCUT2D eigenvalue weighted by atomic mass is 9.93. The second-order valence-electron chi connectivity index (χ2n) is 8.82. The third-order valence-electron chi connectivity index (χ3n) is 5.34. The van der Waals surface area contributed by atoms with Crippen molar-refractivity contribution < 1.29 is 36.6 Å². The van der Waals surface area contributed by atoms with Crippen molar-refractivity contribution in [3.05, 3.63) is 34.9 Å². The van der Waals surface area contributed by atoms with Gasteiger partial charge in [-0.15, -0.1) is 0 Å². The molecule has 0 aromatic heterocycles. The van der Waals surface area contributed by atoms with E-state index in [4.69, 9.17) is 9.47 Å². The average Bonchev–Trinajstić information content (AvgIpc) is 3.11. The molecule has 2 fully saturated rings. The van der Waals surface area contributed by atoms with Gasteiger partial charge in [-0.05, 0) is 27.2 Å². The number of ether oxygens (including phenoxy) is 2. The van der Waals surface area contributed by atoms with Crippen LogP contribution in [0.2, 0.25) is 0 Å². The number of halogens is 4. The molecule has 2 aliphatic rings. The van der Waals surface area contributed by atoms with E-state index >= 15 is 0 Å². The molecule has 0 unspecified atom stereocenters. The Labute approximate surface area is 178 Å². The number of nitrogens with zero attached hydrogens (tertiary/aromatic N) is 2. The van der Waals surface area contributed by atoms with Gasteiger partial charge in [0.15, 0.2) is 29.1 Å². The molecule has 0 aliphatic carbocycles. The molecule has 1 aromatic rings. The van der Waals surface area contributed by atoms with Crippen LogP contribution in [0.5, 0.6) is 0 Å². The van der Waals surface area contributed by atoms with Crippen LogP contribution in [0.3, 0.4) is 0 Å². The summed E-state index contributed by atoms with van der Waals surface area (Å²) in [5.41, 5.74) is -1.67. The van der Waals surface area contributed by atoms with Gasteiger partial charge in [0.05, 0.1) is 25.8 Å². The first-order valence-electron chi connectivity index (χ1n) is 10.1. The van der Waals surface area contributed by atoms with Gasteiger partial charge in [0, 0.05) is 37.2 Å². The van der Waals surface area contributed by atoms with Crippen LogP contribution in [0.25, 0.3) is 0 Å². The number of carbonyl (C=O) groups is 2. The number of ketones is 1. The zero-order valence-corrected chi connectivity index (χ0v) is 17.7. The highest BCUT2D eigenvalue weighted by Gasteiger charge is 2.44. The molecule has 10 heteroatoms.